The fraction of sp³-hybridized carbons (Fsp3) is 0.0769. The second kappa shape index (κ2) is 18.8. The van der Waals surface area contributed by atoms with Crippen molar-refractivity contribution < 1.29 is 39.3 Å². The molecule has 0 aromatic carbocycles. The molecule has 10 nitrogen and oxygen atoms in total. The zero-order valence-electron chi connectivity index (χ0n) is 20.5. The van der Waals surface area contributed by atoms with Crippen molar-refractivity contribution in [1.29, 1.82) is 5.26 Å². The second-order valence-electron chi connectivity index (χ2n) is 7.07. The quantitative estimate of drug-likeness (QED) is 0.113. The van der Waals surface area contributed by atoms with Crippen LogP contribution in [0.2, 0.25) is 0 Å². The van der Waals surface area contributed by atoms with E-state index < -0.39 is 11.9 Å². The number of isothiocyanates is 1. The maximum Gasteiger partial charge on any atom is 2.00 e. The minimum Gasteiger partial charge on any atom is -0.753 e. The van der Waals surface area contributed by atoms with E-state index in [1.165, 1.54) is 58.3 Å². The van der Waals surface area contributed by atoms with Crippen LogP contribution in [0.25, 0.3) is 28.2 Å². The number of nitrogens with zero attached hydrogens (tertiary/aromatic N) is 6. The van der Waals surface area contributed by atoms with Gasteiger partial charge in [-0.25, -0.2) is 10.1 Å². The first-order valence-corrected chi connectivity index (χ1v) is 11.2. The molecule has 0 saturated heterocycles. The van der Waals surface area contributed by atoms with E-state index in [2.05, 4.69) is 58.6 Å². The van der Waals surface area contributed by atoms with Crippen LogP contribution < -0.4 is 5.11 Å². The number of nitriles is 1. The molecule has 4 aromatic rings. The van der Waals surface area contributed by atoms with E-state index in [4.69, 9.17) is 15.8 Å². The van der Waals surface area contributed by atoms with Crippen molar-refractivity contribution in [1.82, 2.24) is 19.9 Å². The molecule has 4 rings (SSSR count). The van der Waals surface area contributed by atoms with Gasteiger partial charge in [0, 0.05) is 30.4 Å². The maximum absolute atomic E-state index is 10.8. The number of rotatable bonds is 4. The van der Waals surface area contributed by atoms with Crippen LogP contribution in [0.5, 0.6) is 0 Å². The molecule has 0 radical (unpaired) electrons. The van der Waals surface area contributed by atoms with Crippen molar-refractivity contribution in [2.24, 2.45) is 0 Å². The molecule has 0 atom stereocenters. The molecule has 0 saturated carbocycles. The molecule has 0 amide bonds. The number of aryl methyl sites for hydroxylation is 2. The van der Waals surface area contributed by atoms with E-state index in [-0.39, 0.29) is 42.0 Å². The molecule has 0 aliphatic heterocycles. The Hall–Kier alpha value is -4.33. The summed E-state index contributed by atoms with van der Waals surface area (Å²) in [6, 6.07) is 13.3. The minimum atomic E-state index is -1.33. The molecular weight excluding hydrogens is 626 g/mol. The monoisotopic (exact) mass is 645 g/mol. The molecule has 13 heteroatoms. The van der Waals surface area contributed by atoms with Gasteiger partial charge in [0.2, 0.25) is 0 Å². The van der Waals surface area contributed by atoms with Gasteiger partial charge < -0.3 is 33.0 Å². The van der Waals surface area contributed by atoms with E-state index in [0.717, 1.165) is 11.4 Å². The fourth-order valence-electron chi connectivity index (χ4n) is 2.75. The maximum atomic E-state index is 10.8. The Bertz CT molecular complexity index is 1380. The third-order valence-corrected chi connectivity index (χ3v) is 4.36. The van der Waals surface area contributed by atoms with Crippen LogP contribution >= 0.6 is 12.2 Å². The Morgan fingerprint density at radius 2 is 1.15 bits per heavy atom. The van der Waals surface area contributed by atoms with Crippen LogP contribution in [-0.4, -0.2) is 42.1 Å². The number of aromatic carboxylic acids is 2. The predicted molar refractivity (Wildman–Crippen MR) is 145 cm³/mol. The van der Waals surface area contributed by atoms with Gasteiger partial charge in [-0.2, -0.15) is 5.16 Å². The Kier molecular flexibility index (Phi) is 16.8. The summed E-state index contributed by atoms with van der Waals surface area (Å²) in [5, 5.41) is 36.5. The second-order valence-corrected chi connectivity index (χ2v) is 7.44. The Morgan fingerprint density at radius 3 is 1.49 bits per heavy atom. The fourth-order valence-corrected chi connectivity index (χ4v) is 2.75. The number of thiocyanates is 1. The van der Waals surface area contributed by atoms with Crippen molar-refractivity contribution >= 4 is 41.9 Å². The Balaban J connectivity index is 0.000000614. The summed E-state index contributed by atoms with van der Waals surface area (Å²) < 4.78 is 0. The van der Waals surface area contributed by atoms with Crippen molar-refractivity contribution in [3.63, 3.8) is 0 Å². The van der Waals surface area contributed by atoms with Gasteiger partial charge in [-0.3, -0.25) is 19.9 Å². The number of carbonyl (C=O) groups is 2. The van der Waals surface area contributed by atoms with E-state index in [1.807, 2.05) is 36.7 Å². The topological polar surface area (TPSA) is 175 Å². The molecule has 39 heavy (non-hydrogen) atoms. The number of pyridine rings is 4. The van der Waals surface area contributed by atoms with Crippen LogP contribution in [0.15, 0.2) is 73.3 Å². The molecule has 0 bridgehead atoms. The minimum absolute atomic E-state index is 0. The van der Waals surface area contributed by atoms with Crippen LogP contribution in [0, 0.1) is 24.5 Å². The molecule has 198 valence electrons. The zero-order chi connectivity index (χ0) is 28.5. The Labute approximate surface area is 248 Å². The van der Waals surface area contributed by atoms with Crippen molar-refractivity contribution in [3.05, 3.63) is 101 Å². The van der Waals surface area contributed by atoms with Crippen molar-refractivity contribution in [3.8, 4) is 28.2 Å². The van der Waals surface area contributed by atoms with Gasteiger partial charge in [0.1, 0.15) is 0 Å². The molecule has 0 aliphatic rings. The summed E-state index contributed by atoms with van der Waals surface area (Å²) in [5.74, 6) is -2.41. The number of hydrogen-bond acceptors (Lipinski definition) is 10. The number of aromatic nitrogens is 4. The van der Waals surface area contributed by atoms with Crippen LogP contribution in [0.4, 0.5) is 0 Å². The summed E-state index contributed by atoms with van der Waals surface area (Å²) >= 11 is 7.40. The van der Waals surface area contributed by atoms with Crippen molar-refractivity contribution in [2.75, 3.05) is 0 Å². The van der Waals surface area contributed by atoms with E-state index in [9.17, 15) is 14.7 Å². The molecule has 0 aliphatic carbocycles. The van der Waals surface area contributed by atoms with E-state index >= 15 is 0 Å². The van der Waals surface area contributed by atoms with Gasteiger partial charge in [-0.15, -0.1) is 0 Å². The third-order valence-electron chi connectivity index (χ3n) is 4.36. The molecule has 4 heterocycles. The summed E-state index contributed by atoms with van der Waals surface area (Å²) in [5.41, 5.74) is 4.87. The van der Waals surface area contributed by atoms with Gasteiger partial charge in [-0.1, -0.05) is 17.6 Å². The number of carboxylic acid groups (broad SMARTS) is 2. The summed E-state index contributed by atoms with van der Waals surface area (Å²) in [7, 11) is 0. The van der Waals surface area contributed by atoms with Gasteiger partial charge in [0.05, 0.1) is 34.3 Å². The smallest absolute Gasteiger partial charge is 0.753 e. The average Bonchev–Trinajstić information content (AvgIpc) is 2.90. The van der Waals surface area contributed by atoms with Crippen LogP contribution in [-0.2, 0) is 32.1 Å². The standard InChI is InChI=1S/C12H8N2O4.C12H12N2.CHNS.CNS.Ru/c15-11(16)7-1-3-13-9(5-7)10-6-8(12(17)18)2-4-14-10;1-9-3-5-13-11(7-9)12-8-10(2)4-6-14-12;2*2-1-3;/h1-6H,(H,15,16)(H,17,18);3-8H,1-2H3;3H;;/q;;;-1;+2/p-2. The summed E-state index contributed by atoms with van der Waals surface area (Å²) in [6.45, 7) is 4.11. The normalized spacial score (nSPS) is 8.64. The summed E-state index contributed by atoms with van der Waals surface area (Å²) in [4.78, 5) is 38.0. The number of thiocarbonyl (C=S) groups is 1. The molecular formula is C26H19N6O4RuS2-. The average molecular weight is 645 g/mol. The first-order chi connectivity index (χ1) is 18.2. The number of carboxylic acids is 2. The SMILES string of the molecule is Cc1ccnc(-c2cc(C)ccn2)c1.N#C[S-].O=C([O-])c1ccnc(-c2cc(C(=O)O)ccn2)c1.[N-]=C=S.[Ru+2]. The predicted octanol–water partition coefficient (Wildman–Crippen LogP) is 3.64. The van der Waals surface area contributed by atoms with Crippen molar-refractivity contribution in [2.45, 2.75) is 13.8 Å². The number of carbonyl (C=O) groups excluding carboxylic acids is 1. The molecule has 0 unspecified atom stereocenters. The number of hydrogen-bond donors (Lipinski definition) is 1. The van der Waals surface area contributed by atoms with Crippen LogP contribution in [0.3, 0.4) is 0 Å². The largest absolute Gasteiger partial charge is 2.00 e. The zero-order valence-corrected chi connectivity index (χ0v) is 23.8. The molecule has 1 N–H and O–H groups in total. The van der Waals surface area contributed by atoms with E-state index in [0.29, 0.717) is 0 Å². The van der Waals surface area contributed by atoms with E-state index in [1.54, 1.807) is 0 Å². The van der Waals surface area contributed by atoms with Gasteiger partial charge in [0.15, 0.2) is 0 Å². The molecule has 0 fully saturated rings. The van der Waals surface area contributed by atoms with Gasteiger partial charge >= 0.3 is 25.4 Å². The first-order valence-electron chi connectivity index (χ1n) is 10.4. The van der Waals surface area contributed by atoms with Crippen LogP contribution in [0.1, 0.15) is 31.8 Å². The molecule has 4 aromatic heterocycles. The van der Waals surface area contributed by atoms with Gasteiger partial charge in [-0.05, 0) is 73.5 Å². The summed E-state index contributed by atoms with van der Waals surface area (Å²) in [6.07, 6.45) is 6.26. The Morgan fingerprint density at radius 1 is 0.846 bits per heavy atom. The molecule has 0 spiro atoms. The van der Waals surface area contributed by atoms with Gasteiger partial charge in [0.25, 0.3) is 0 Å². The third kappa shape index (κ3) is 12.7. The first kappa shape index (κ1) is 34.7.